The molecule has 7 heteroatoms. The molecule has 0 aliphatic heterocycles. The number of nitro benzene ring substituents is 1. The summed E-state index contributed by atoms with van der Waals surface area (Å²) in [5, 5.41) is 21.4. The molecule has 0 bridgehead atoms. The van der Waals surface area contributed by atoms with Gasteiger partial charge in [0, 0.05) is 16.1 Å². The second kappa shape index (κ2) is 5.51. The van der Waals surface area contributed by atoms with Crippen LogP contribution in [0.1, 0.15) is 5.56 Å². The van der Waals surface area contributed by atoms with Crippen molar-refractivity contribution in [3.8, 4) is 17.1 Å². The molecule has 0 saturated carbocycles. The number of non-ortho nitro benzene ring substituents is 1. The van der Waals surface area contributed by atoms with Crippen LogP contribution in [0.4, 0.5) is 5.69 Å². The Morgan fingerprint density at radius 1 is 1.22 bits per heavy atom. The third kappa shape index (κ3) is 2.59. The second-order valence-corrected chi connectivity index (χ2v) is 5.95. The Morgan fingerprint density at radius 3 is 2.48 bits per heavy atom. The molecule has 0 unspecified atom stereocenters. The zero-order valence-electron chi connectivity index (χ0n) is 11.9. The van der Waals surface area contributed by atoms with Crippen molar-refractivity contribution in [3.05, 3.63) is 66.8 Å². The number of nitrogens with zero attached hydrogens (tertiary/aromatic N) is 1. The molecular formula is C16H10BrNO5. The number of fused-ring (bicyclic) bond motifs is 1. The fourth-order valence-corrected chi connectivity index (χ4v) is 2.61. The van der Waals surface area contributed by atoms with Gasteiger partial charge in [-0.3, -0.25) is 14.9 Å². The molecule has 0 amide bonds. The maximum atomic E-state index is 12.4. The molecule has 2 aromatic carbocycles. The van der Waals surface area contributed by atoms with Gasteiger partial charge < -0.3 is 9.52 Å². The maximum Gasteiger partial charge on any atom is 0.312 e. The number of hydrogen-bond acceptors (Lipinski definition) is 5. The first-order valence-corrected chi connectivity index (χ1v) is 7.38. The first kappa shape index (κ1) is 15.2. The van der Waals surface area contributed by atoms with E-state index in [4.69, 9.17) is 4.42 Å². The van der Waals surface area contributed by atoms with Gasteiger partial charge in [-0.1, -0.05) is 15.9 Å². The van der Waals surface area contributed by atoms with Crippen molar-refractivity contribution in [2.24, 2.45) is 0 Å². The molecule has 1 aromatic heterocycles. The molecule has 0 aliphatic rings. The molecule has 0 atom stereocenters. The molecule has 0 saturated heterocycles. The van der Waals surface area contributed by atoms with Gasteiger partial charge in [0.1, 0.15) is 0 Å². The predicted octanol–water partition coefficient (Wildman–Crippen LogP) is 4.14. The first-order chi connectivity index (χ1) is 10.9. The van der Waals surface area contributed by atoms with E-state index in [0.29, 0.717) is 11.1 Å². The van der Waals surface area contributed by atoms with E-state index in [-0.39, 0.29) is 22.4 Å². The second-order valence-electron chi connectivity index (χ2n) is 5.03. The Kier molecular flexibility index (Phi) is 3.65. The van der Waals surface area contributed by atoms with Gasteiger partial charge in [-0.05, 0) is 42.8 Å². The predicted molar refractivity (Wildman–Crippen MR) is 88.7 cm³/mol. The average molecular weight is 376 g/mol. The van der Waals surface area contributed by atoms with Crippen molar-refractivity contribution >= 4 is 32.6 Å². The maximum absolute atomic E-state index is 12.4. The SMILES string of the molecule is Cc1cc([N+](=O)[O-])c2oc(-c3ccc(Br)cc3)c(O)c(=O)c2c1. The monoisotopic (exact) mass is 375 g/mol. The number of rotatable bonds is 2. The van der Waals surface area contributed by atoms with Gasteiger partial charge in [-0.15, -0.1) is 0 Å². The van der Waals surface area contributed by atoms with Crippen LogP contribution in [0.2, 0.25) is 0 Å². The lowest BCUT2D eigenvalue weighted by Gasteiger charge is -2.07. The van der Waals surface area contributed by atoms with Gasteiger partial charge in [-0.2, -0.15) is 0 Å². The fourth-order valence-electron chi connectivity index (χ4n) is 2.34. The van der Waals surface area contributed by atoms with Crippen LogP contribution in [-0.4, -0.2) is 10.0 Å². The summed E-state index contributed by atoms with van der Waals surface area (Å²) in [6.45, 7) is 1.63. The van der Waals surface area contributed by atoms with E-state index in [1.54, 1.807) is 31.2 Å². The minimum atomic E-state index is -0.698. The highest BCUT2D eigenvalue weighted by atomic mass is 79.9. The summed E-state index contributed by atoms with van der Waals surface area (Å²) in [6, 6.07) is 9.47. The van der Waals surface area contributed by atoms with Crippen molar-refractivity contribution in [2.75, 3.05) is 0 Å². The minimum absolute atomic E-state index is 0.0185. The summed E-state index contributed by atoms with van der Waals surface area (Å²) in [4.78, 5) is 23.0. The molecule has 3 rings (SSSR count). The number of halogens is 1. The van der Waals surface area contributed by atoms with E-state index >= 15 is 0 Å². The van der Waals surface area contributed by atoms with Crippen molar-refractivity contribution < 1.29 is 14.4 Å². The topological polar surface area (TPSA) is 93.6 Å². The number of benzene rings is 2. The van der Waals surface area contributed by atoms with Crippen LogP contribution in [0.3, 0.4) is 0 Å². The smallest absolute Gasteiger partial charge is 0.312 e. The molecule has 6 nitrogen and oxygen atoms in total. The Morgan fingerprint density at radius 2 is 1.87 bits per heavy atom. The van der Waals surface area contributed by atoms with Gasteiger partial charge in [0.25, 0.3) is 0 Å². The quantitative estimate of drug-likeness (QED) is 0.536. The first-order valence-electron chi connectivity index (χ1n) is 6.59. The number of nitro groups is 1. The van der Waals surface area contributed by atoms with Crippen LogP contribution in [0, 0.1) is 17.0 Å². The normalized spacial score (nSPS) is 10.9. The Labute approximate surface area is 138 Å². The van der Waals surface area contributed by atoms with Crippen molar-refractivity contribution in [3.63, 3.8) is 0 Å². The third-order valence-corrected chi connectivity index (χ3v) is 3.92. The van der Waals surface area contributed by atoms with E-state index in [2.05, 4.69) is 15.9 Å². The summed E-state index contributed by atoms with van der Waals surface area (Å²) in [5.74, 6) is -0.665. The third-order valence-electron chi connectivity index (χ3n) is 3.40. The van der Waals surface area contributed by atoms with Gasteiger partial charge >= 0.3 is 5.69 Å². The summed E-state index contributed by atoms with van der Waals surface area (Å²) in [6.07, 6.45) is 0. The van der Waals surface area contributed by atoms with Crippen LogP contribution in [-0.2, 0) is 0 Å². The van der Waals surface area contributed by atoms with E-state index in [0.717, 1.165) is 4.47 Å². The molecule has 23 heavy (non-hydrogen) atoms. The molecular weight excluding hydrogens is 366 g/mol. The Bertz CT molecular complexity index is 992. The highest BCUT2D eigenvalue weighted by Gasteiger charge is 2.22. The zero-order chi connectivity index (χ0) is 16.7. The van der Waals surface area contributed by atoms with Crippen LogP contribution >= 0.6 is 15.9 Å². The molecule has 0 aliphatic carbocycles. The average Bonchev–Trinajstić information content (AvgIpc) is 2.51. The van der Waals surface area contributed by atoms with Crippen molar-refractivity contribution in [1.29, 1.82) is 0 Å². The highest BCUT2D eigenvalue weighted by molar-refractivity contribution is 9.10. The lowest BCUT2D eigenvalue weighted by Crippen LogP contribution is -2.04. The molecule has 0 radical (unpaired) electrons. The molecule has 0 spiro atoms. The van der Waals surface area contributed by atoms with Crippen molar-refractivity contribution in [1.82, 2.24) is 0 Å². The summed E-state index contributed by atoms with van der Waals surface area (Å²) in [7, 11) is 0. The van der Waals surface area contributed by atoms with Crippen LogP contribution in [0.15, 0.2) is 50.1 Å². The Hall–Kier alpha value is -2.67. The van der Waals surface area contributed by atoms with E-state index in [1.807, 2.05) is 0 Å². The molecule has 0 fully saturated rings. The van der Waals surface area contributed by atoms with Crippen LogP contribution in [0.5, 0.6) is 5.75 Å². The molecule has 116 valence electrons. The lowest BCUT2D eigenvalue weighted by molar-refractivity contribution is -0.383. The zero-order valence-corrected chi connectivity index (χ0v) is 13.5. The highest BCUT2D eigenvalue weighted by Crippen LogP contribution is 2.34. The molecule has 1 heterocycles. The van der Waals surface area contributed by atoms with Crippen LogP contribution < -0.4 is 5.43 Å². The largest absolute Gasteiger partial charge is 0.502 e. The van der Waals surface area contributed by atoms with E-state index in [1.165, 1.54) is 12.1 Å². The van der Waals surface area contributed by atoms with Gasteiger partial charge in [0.2, 0.25) is 16.8 Å². The Balaban J connectivity index is 2.41. The molecule has 3 aromatic rings. The summed E-state index contributed by atoms with van der Waals surface area (Å²) >= 11 is 3.29. The number of hydrogen-bond donors (Lipinski definition) is 1. The van der Waals surface area contributed by atoms with E-state index in [9.17, 15) is 20.0 Å². The van der Waals surface area contributed by atoms with Gasteiger partial charge in [0.15, 0.2) is 5.76 Å². The van der Waals surface area contributed by atoms with Gasteiger partial charge in [0.05, 0.1) is 10.3 Å². The van der Waals surface area contributed by atoms with E-state index < -0.39 is 16.1 Å². The number of aromatic hydroxyl groups is 1. The molecule has 1 N–H and O–H groups in total. The summed E-state index contributed by atoms with van der Waals surface area (Å²) in [5.41, 5.74) is -0.181. The summed E-state index contributed by atoms with van der Waals surface area (Å²) < 4.78 is 6.35. The fraction of sp³-hybridized carbons (Fsp3) is 0.0625. The van der Waals surface area contributed by atoms with Crippen LogP contribution in [0.25, 0.3) is 22.3 Å². The standard InChI is InChI=1S/C16H10BrNO5/c1-8-6-11-13(19)14(20)15(9-2-4-10(17)5-3-9)23-16(11)12(7-8)18(21)22/h2-7,20H,1H3. The minimum Gasteiger partial charge on any atom is -0.502 e. The van der Waals surface area contributed by atoms with Crippen molar-refractivity contribution in [2.45, 2.75) is 6.92 Å². The lowest BCUT2D eigenvalue weighted by atomic mass is 10.1. The number of aryl methyl sites for hydroxylation is 1. The van der Waals surface area contributed by atoms with Gasteiger partial charge in [-0.25, -0.2) is 0 Å².